The Kier molecular flexibility index (Phi) is 4.92. The zero-order chi connectivity index (χ0) is 22.4. The lowest BCUT2D eigenvalue weighted by molar-refractivity contribution is 0.00671. The third-order valence-corrected chi connectivity index (χ3v) is 6.39. The van der Waals surface area contributed by atoms with Crippen molar-refractivity contribution in [3.05, 3.63) is 69.9 Å². The van der Waals surface area contributed by atoms with Gasteiger partial charge in [-0.1, -0.05) is 6.07 Å². The maximum absolute atomic E-state index is 13.1. The van der Waals surface area contributed by atoms with Crippen LogP contribution in [0, 0.1) is 0 Å². The molecule has 9 nitrogen and oxygen atoms in total. The largest absolute Gasteiger partial charge is 0.380 e. The number of aromatic nitrogens is 5. The van der Waals surface area contributed by atoms with Crippen LogP contribution in [-0.4, -0.2) is 44.1 Å². The van der Waals surface area contributed by atoms with E-state index in [1.165, 1.54) is 11.1 Å². The molecule has 33 heavy (non-hydrogen) atoms. The summed E-state index contributed by atoms with van der Waals surface area (Å²) in [6.45, 7) is 5.69. The minimum atomic E-state index is -0.107. The second-order valence-electron chi connectivity index (χ2n) is 8.47. The van der Waals surface area contributed by atoms with Gasteiger partial charge in [-0.15, -0.1) is 0 Å². The molecule has 0 amide bonds. The first kappa shape index (κ1) is 20.1. The third-order valence-electron chi connectivity index (χ3n) is 6.39. The van der Waals surface area contributed by atoms with E-state index in [1.54, 1.807) is 17.1 Å². The Balaban J connectivity index is 1.42. The van der Waals surface area contributed by atoms with E-state index in [9.17, 15) is 4.79 Å². The second-order valence-corrected chi connectivity index (χ2v) is 8.47. The van der Waals surface area contributed by atoms with E-state index in [4.69, 9.17) is 9.72 Å². The van der Waals surface area contributed by atoms with Gasteiger partial charge in [0.05, 0.1) is 24.6 Å². The number of hydrogen-bond acceptors (Lipinski definition) is 7. The fourth-order valence-corrected chi connectivity index (χ4v) is 4.52. The van der Waals surface area contributed by atoms with Gasteiger partial charge in [0.2, 0.25) is 5.95 Å². The average molecular weight is 444 g/mol. The predicted octanol–water partition coefficient (Wildman–Crippen LogP) is 2.50. The van der Waals surface area contributed by atoms with Gasteiger partial charge in [0.1, 0.15) is 5.39 Å². The van der Waals surface area contributed by atoms with E-state index in [1.807, 2.05) is 23.7 Å². The van der Waals surface area contributed by atoms with Crippen LogP contribution in [0.25, 0.3) is 16.7 Å². The average Bonchev–Trinajstić information content (AvgIpc) is 3.09. The standard InChI is InChI=1S/C24H25N7O2/c1-2-30-23(32)20-12-27-24(28-18-4-3-15-5-7-25-11-16(15)9-18)29-22(20)31(30)19-6-8-26-21(10-19)17-13-33-14-17/h3-4,6,8-10,12,17,25H,2,5,7,11,13-14H2,1H3,(H,27,28,29). The van der Waals surface area contributed by atoms with Gasteiger partial charge in [-0.2, -0.15) is 4.98 Å². The molecular weight excluding hydrogens is 418 g/mol. The Hall–Kier alpha value is -3.56. The van der Waals surface area contributed by atoms with Crippen LogP contribution in [0.15, 0.2) is 47.5 Å². The monoisotopic (exact) mass is 443 g/mol. The van der Waals surface area contributed by atoms with Gasteiger partial charge in [-0.3, -0.25) is 9.78 Å². The van der Waals surface area contributed by atoms with Crippen molar-refractivity contribution in [1.29, 1.82) is 0 Å². The maximum atomic E-state index is 13.1. The van der Waals surface area contributed by atoms with Crippen molar-refractivity contribution in [2.75, 3.05) is 25.1 Å². The van der Waals surface area contributed by atoms with Crippen molar-refractivity contribution in [2.24, 2.45) is 0 Å². The van der Waals surface area contributed by atoms with Gasteiger partial charge in [-0.25, -0.2) is 14.3 Å². The highest BCUT2D eigenvalue weighted by molar-refractivity contribution is 5.77. The number of fused-ring (bicyclic) bond motifs is 2. The van der Waals surface area contributed by atoms with Gasteiger partial charge in [0, 0.05) is 37.1 Å². The van der Waals surface area contributed by atoms with E-state index >= 15 is 0 Å². The number of benzene rings is 1. The second kappa shape index (κ2) is 8.09. The summed E-state index contributed by atoms with van der Waals surface area (Å²) in [5.74, 6) is 0.744. The molecule has 1 saturated heterocycles. The molecule has 6 rings (SSSR count). The fourth-order valence-electron chi connectivity index (χ4n) is 4.52. The van der Waals surface area contributed by atoms with Crippen LogP contribution >= 0.6 is 0 Å². The first-order chi connectivity index (χ1) is 16.2. The first-order valence-electron chi connectivity index (χ1n) is 11.3. The molecule has 9 heteroatoms. The first-order valence-corrected chi connectivity index (χ1v) is 11.3. The lowest BCUT2D eigenvalue weighted by Gasteiger charge is -2.25. The minimum Gasteiger partial charge on any atom is -0.380 e. The van der Waals surface area contributed by atoms with Crippen LogP contribution in [0.5, 0.6) is 0 Å². The molecule has 0 aliphatic carbocycles. The number of rotatable bonds is 5. The molecule has 168 valence electrons. The molecule has 4 aromatic rings. The predicted molar refractivity (Wildman–Crippen MR) is 125 cm³/mol. The van der Waals surface area contributed by atoms with Crippen LogP contribution in [0.1, 0.15) is 29.7 Å². The molecule has 0 atom stereocenters. The van der Waals surface area contributed by atoms with E-state index in [2.05, 4.69) is 38.8 Å². The van der Waals surface area contributed by atoms with Crippen molar-refractivity contribution in [1.82, 2.24) is 29.6 Å². The smallest absolute Gasteiger partial charge is 0.278 e. The van der Waals surface area contributed by atoms with E-state index < -0.39 is 0 Å². The Bertz CT molecular complexity index is 1400. The topological polar surface area (TPSA) is 98.9 Å². The van der Waals surface area contributed by atoms with E-state index in [-0.39, 0.29) is 5.56 Å². The molecule has 0 spiro atoms. The molecule has 1 fully saturated rings. The molecule has 1 aromatic carbocycles. The molecule has 0 unspecified atom stereocenters. The van der Waals surface area contributed by atoms with Gasteiger partial charge >= 0.3 is 0 Å². The Morgan fingerprint density at radius 3 is 2.91 bits per heavy atom. The van der Waals surface area contributed by atoms with Crippen LogP contribution in [0.2, 0.25) is 0 Å². The van der Waals surface area contributed by atoms with E-state index in [0.717, 1.165) is 36.6 Å². The van der Waals surface area contributed by atoms with Crippen LogP contribution < -0.4 is 16.2 Å². The Morgan fingerprint density at radius 2 is 2.09 bits per heavy atom. The summed E-state index contributed by atoms with van der Waals surface area (Å²) in [5, 5.41) is 7.21. The highest BCUT2D eigenvalue weighted by Gasteiger charge is 2.23. The SMILES string of the molecule is CCn1c(=O)c2cnc(Nc3ccc4c(c3)CNCC4)nc2n1-c1ccnc(C2COC2)c1. The molecule has 0 radical (unpaired) electrons. The Labute approximate surface area is 190 Å². The number of hydrogen-bond donors (Lipinski definition) is 2. The Morgan fingerprint density at radius 1 is 1.18 bits per heavy atom. The van der Waals surface area contributed by atoms with Crippen molar-refractivity contribution < 1.29 is 4.74 Å². The lowest BCUT2D eigenvalue weighted by atomic mass is 10.0. The van der Waals surface area contributed by atoms with Gasteiger partial charge in [-0.05, 0) is 55.3 Å². The highest BCUT2D eigenvalue weighted by Crippen LogP contribution is 2.26. The molecule has 0 bridgehead atoms. The highest BCUT2D eigenvalue weighted by atomic mass is 16.5. The molecule has 5 heterocycles. The molecule has 3 aromatic heterocycles. The summed E-state index contributed by atoms with van der Waals surface area (Å²) >= 11 is 0. The van der Waals surface area contributed by atoms with Crippen LogP contribution in [0.3, 0.4) is 0 Å². The summed E-state index contributed by atoms with van der Waals surface area (Å²) in [4.78, 5) is 26.8. The summed E-state index contributed by atoms with van der Waals surface area (Å²) in [6, 6.07) is 10.3. The summed E-state index contributed by atoms with van der Waals surface area (Å²) < 4.78 is 8.88. The van der Waals surface area contributed by atoms with Crippen molar-refractivity contribution >= 4 is 22.7 Å². The number of nitrogens with zero attached hydrogens (tertiary/aromatic N) is 5. The van der Waals surface area contributed by atoms with Crippen LogP contribution in [0.4, 0.5) is 11.6 Å². The zero-order valence-corrected chi connectivity index (χ0v) is 18.4. The van der Waals surface area contributed by atoms with E-state index in [0.29, 0.717) is 42.7 Å². The summed E-state index contributed by atoms with van der Waals surface area (Å²) in [5.41, 5.74) is 5.86. The minimum absolute atomic E-state index is 0.107. The molecule has 2 aliphatic heterocycles. The van der Waals surface area contributed by atoms with Gasteiger partial charge < -0.3 is 15.4 Å². The van der Waals surface area contributed by atoms with Crippen LogP contribution in [-0.2, 0) is 24.2 Å². The quantitative estimate of drug-likeness (QED) is 0.489. The van der Waals surface area contributed by atoms with Crippen molar-refractivity contribution in [3.63, 3.8) is 0 Å². The van der Waals surface area contributed by atoms with Crippen molar-refractivity contribution in [3.8, 4) is 5.69 Å². The summed E-state index contributed by atoms with van der Waals surface area (Å²) in [7, 11) is 0. The molecular formula is C24H25N7O2. The van der Waals surface area contributed by atoms with Gasteiger partial charge in [0.15, 0.2) is 5.65 Å². The number of pyridine rings is 1. The lowest BCUT2D eigenvalue weighted by Crippen LogP contribution is -2.26. The number of nitrogens with one attached hydrogen (secondary N) is 2. The molecule has 2 aliphatic rings. The third kappa shape index (κ3) is 3.49. The maximum Gasteiger partial charge on any atom is 0.278 e. The number of ether oxygens (including phenoxy) is 1. The van der Waals surface area contributed by atoms with Gasteiger partial charge in [0.25, 0.3) is 5.56 Å². The number of anilines is 2. The fraction of sp³-hybridized carbons (Fsp3) is 0.333. The molecule has 0 saturated carbocycles. The van der Waals surface area contributed by atoms with Crippen molar-refractivity contribution in [2.45, 2.75) is 32.4 Å². The summed E-state index contributed by atoms with van der Waals surface area (Å²) in [6.07, 6.45) is 4.42. The molecule has 2 N–H and O–H groups in total. The zero-order valence-electron chi connectivity index (χ0n) is 18.4. The normalized spacial score (nSPS) is 15.9.